The Balaban J connectivity index is 1.75. The van der Waals surface area contributed by atoms with Gasteiger partial charge in [-0.25, -0.2) is 4.39 Å². The Morgan fingerprint density at radius 3 is 3.00 bits per heavy atom. The molecule has 0 unspecified atom stereocenters. The number of hydrogen-bond acceptors (Lipinski definition) is 2. The van der Waals surface area contributed by atoms with Gasteiger partial charge in [0.25, 0.3) is 0 Å². The summed E-state index contributed by atoms with van der Waals surface area (Å²) in [7, 11) is 0. The van der Waals surface area contributed by atoms with Crippen LogP contribution in [0.3, 0.4) is 0 Å². The number of piperidine rings is 1. The van der Waals surface area contributed by atoms with Gasteiger partial charge in [0.1, 0.15) is 17.5 Å². The maximum atomic E-state index is 13.4. The second kappa shape index (κ2) is 6.14. The monoisotopic (exact) mass is 316 g/mol. The zero-order valence-corrected chi connectivity index (χ0v) is 13.3. The number of halogens is 1. The van der Waals surface area contributed by atoms with E-state index in [1.807, 2.05) is 13.1 Å². The Hall–Kier alpha value is -2.17. The number of benzene rings is 1. The van der Waals surface area contributed by atoms with Crippen LogP contribution in [0.4, 0.5) is 4.39 Å². The molecule has 1 fully saturated rings. The van der Waals surface area contributed by atoms with Crippen molar-refractivity contribution in [3.63, 3.8) is 0 Å². The Labute approximate surface area is 134 Å². The molecule has 4 nitrogen and oxygen atoms in total. The number of rotatable bonds is 5. The summed E-state index contributed by atoms with van der Waals surface area (Å²) >= 11 is 0. The van der Waals surface area contributed by atoms with E-state index in [4.69, 9.17) is 0 Å². The summed E-state index contributed by atoms with van der Waals surface area (Å²) in [5.41, 5.74) is 1.04. The summed E-state index contributed by atoms with van der Waals surface area (Å²) in [6, 6.07) is 4.66. The molecule has 1 amide bonds. The SMILES string of the molecule is CC[C@@]1(C=O)CCCN(CCc2c[nH]c3ccc(F)cc23)C1=O. The molecule has 2 heterocycles. The zero-order chi connectivity index (χ0) is 16.4. The number of likely N-dealkylation sites (tertiary alicyclic amines) is 1. The van der Waals surface area contributed by atoms with Crippen molar-refractivity contribution in [2.75, 3.05) is 13.1 Å². The van der Waals surface area contributed by atoms with Crippen LogP contribution in [-0.4, -0.2) is 35.2 Å². The van der Waals surface area contributed by atoms with Crippen molar-refractivity contribution in [2.45, 2.75) is 32.6 Å². The summed E-state index contributed by atoms with van der Waals surface area (Å²) in [5, 5.41) is 0.853. The second-order valence-electron chi connectivity index (χ2n) is 6.28. The first-order chi connectivity index (χ1) is 11.1. The Morgan fingerprint density at radius 1 is 1.43 bits per heavy atom. The number of nitrogens with one attached hydrogen (secondary N) is 1. The van der Waals surface area contributed by atoms with Crippen LogP contribution in [0.25, 0.3) is 10.9 Å². The number of fused-ring (bicyclic) bond motifs is 1. The average molecular weight is 316 g/mol. The summed E-state index contributed by atoms with van der Waals surface area (Å²) in [5.74, 6) is -0.328. The first-order valence-electron chi connectivity index (χ1n) is 8.11. The highest BCUT2D eigenvalue weighted by Crippen LogP contribution is 2.32. The fourth-order valence-corrected chi connectivity index (χ4v) is 3.46. The topological polar surface area (TPSA) is 53.2 Å². The van der Waals surface area contributed by atoms with Crippen molar-refractivity contribution < 1.29 is 14.0 Å². The van der Waals surface area contributed by atoms with Gasteiger partial charge in [0.05, 0.1) is 0 Å². The lowest BCUT2D eigenvalue weighted by molar-refractivity contribution is -0.149. The van der Waals surface area contributed by atoms with Gasteiger partial charge < -0.3 is 14.7 Å². The van der Waals surface area contributed by atoms with Crippen molar-refractivity contribution >= 4 is 23.1 Å². The number of aromatic amines is 1. The standard InChI is InChI=1S/C18H21FN2O2/c1-2-18(12-22)7-3-8-21(17(18)23)9-6-13-11-20-16-5-4-14(19)10-15(13)16/h4-5,10-12,20H,2-3,6-9H2,1H3/t18-/m0/s1. The van der Waals surface area contributed by atoms with Gasteiger partial charge in [0.15, 0.2) is 0 Å². The molecule has 1 aliphatic rings. The third-order valence-electron chi connectivity index (χ3n) is 5.00. The molecule has 0 saturated carbocycles. The predicted molar refractivity (Wildman–Crippen MR) is 86.6 cm³/mol. The van der Waals surface area contributed by atoms with E-state index in [1.54, 1.807) is 11.0 Å². The number of amides is 1. The summed E-state index contributed by atoms with van der Waals surface area (Å²) < 4.78 is 13.4. The van der Waals surface area contributed by atoms with E-state index < -0.39 is 5.41 Å². The van der Waals surface area contributed by atoms with Gasteiger partial charge in [-0.05, 0) is 49.4 Å². The number of carbonyl (C=O) groups excluding carboxylic acids is 2. The normalized spacial score (nSPS) is 21.8. The van der Waals surface area contributed by atoms with Crippen molar-refractivity contribution in [3.05, 3.63) is 35.8 Å². The van der Waals surface area contributed by atoms with E-state index in [0.717, 1.165) is 29.2 Å². The van der Waals surface area contributed by atoms with Crippen LogP contribution in [-0.2, 0) is 16.0 Å². The molecule has 1 atom stereocenters. The van der Waals surface area contributed by atoms with Crippen LogP contribution in [0.1, 0.15) is 31.7 Å². The lowest BCUT2D eigenvalue weighted by Crippen LogP contribution is -2.50. The summed E-state index contributed by atoms with van der Waals surface area (Å²) in [6.07, 6.45) is 5.37. The van der Waals surface area contributed by atoms with Gasteiger partial charge in [-0.15, -0.1) is 0 Å². The molecular weight excluding hydrogens is 295 g/mol. The Kier molecular flexibility index (Phi) is 4.20. The summed E-state index contributed by atoms with van der Waals surface area (Å²) in [6.45, 7) is 3.13. The number of carbonyl (C=O) groups is 2. The first-order valence-corrected chi connectivity index (χ1v) is 8.11. The minimum atomic E-state index is -0.843. The van der Waals surface area contributed by atoms with E-state index in [-0.39, 0.29) is 11.7 Å². The molecule has 0 aliphatic carbocycles. The van der Waals surface area contributed by atoms with Gasteiger partial charge in [-0.1, -0.05) is 6.92 Å². The molecule has 5 heteroatoms. The van der Waals surface area contributed by atoms with Crippen molar-refractivity contribution in [2.24, 2.45) is 5.41 Å². The largest absolute Gasteiger partial charge is 0.361 e. The molecule has 23 heavy (non-hydrogen) atoms. The Morgan fingerprint density at radius 2 is 2.26 bits per heavy atom. The van der Waals surface area contributed by atoms with Gasteiger partial charge >= 0.3 is 0 Å². The molecule has 2 aromatic rings. The number of H-pyrrole nitrogens is 1. The third kappa shape index (κ3) is 2.76. The van der Waals surface area contributed by atoms with Gasteiger partial charge in [0, 0.05) is 30.2 Å². The molecule has 122 valence electrons. The van der Waals surface area contributed by atoms with Gasteiger partial charge in [0.2, 0.25) is 5.91 Å². The van der Waals surface area contributed by atoms with Crippen molar-refractivity contribution in [1.82, 2.24) is 9.88 Å². The summed E-state index contributed by atoms with van der Waals surface area (Å²) in [4.78, 5) is 28.9. The molecule has 3 rings (SSSR count). The van der Waals surface area contributed by atoms with E-state index >= 15 is 0 Å². The number of hydrogen-bond donors (Lipinski definition) is 1. The average Bonchev–Trinajstić information content (AvgIpc) is 2.96. The fraction of sp³-hybridized carbons (Fsp3) is 0.444. The van der Waals surface area contributed by atoms with E-state index in [0.29, 0.717) is 32.4 Å². The molecule has 1 saturated heterocycles. The lowest BCUT2D eigenvalue weighted by atomic mass is 9.78. The van der Waals surface area contributed by atoms with Crippen LogP contribution >= 0.6 is 0 Å². The first kappa shape index (κ1) is 15.7. The van der Waals surface area contributed by atoms with E-state index in [9.17, 15) is 14.0 Å². The molecule has 0 bridgehead atoms. The molecule has 1 aromatic carbocycles. The highest BCUT2D eigenvalue weighted by atomic mass is 19.1. The maximum absolute atomic E-state index is 13.4. The van der Waals surface area contributed by atoms with Gasteiger partial charge in [-0.2, -0.15) is 0 Å². The van der Waals surface area contributed by atoms with Crippen LogP contribution < -0.4 is 0 Å². The maximum Gasteiger partial charge on any atom is 0.235 e. The second-order valence-corrected chi connectivity index (χ2v) is 6.28. The zero-order valence-electron chi connectivity index (χ0n) is 13.3. The lowest BCUT2D eigenvalue weighted by Gasteiger charge is -2.37. The molecular formula is C18H21FN2O2. The van der Waals surface area contributed by atoms with E-state index in [1.165, 1.54) is 12.1 Å². The fourth-order valence-electron chi connectivity index (χ4n) is 3.46. The van der Waals surface area contributed by atoms with Crippen LogP contribution in [0.2, 0.25) is 0 Å². The molecule has 1 aromatic heterocycles. The molecule has 0 radical (unpaired) electrons. The molecule has 0 spiro atoms. The molecule has 1 aliphatic heterocycles. The number of nitrogens with zero attached hydrogens (tertiary/aromatic N) is 1. The van der Waals surface area contributed by atoms with Crippen molar-refractivity contribution in [3.8, 4) is 0 Å². The Bertz CT molecular complexity index is 740. The van der Waals surface area contributed by atoms with E-state index in [2.05, 4.69) is 4.98 Å². The van der Waals surface area contributed by atoms with Crippen LogP contribution in [0.15, 0.2) is 24.4 Å². The highest BCUT2D eigenvalue weighted by Gasteiger charge is 2.42. The predicted octanol–water partition coefficient (Wildman–Crippen LogP) is 3.07. The smallest absolute Gasteiger partial charge is 0.235 e. The van der Waals surface area contributed by atoms with Crippen LogP contribution in [0.5, 0.6) is 0 Å². The minimum Gasteiger partial charge on any atom is -0.361 e. The number of aromatic nitrogens is 1. The highest BCUT2D eigenvalue weighted by molar-refractivity contribution is 5.97. The third-order valence-corrected chi connectivity index (χ3v) is 5.00. The minimum absolute atomic E-state index is 0.0627. The number of aldehydes is 1. The van der Waals surface area contributed by atoms with Crippen LogP contribution in [0, 0.1) is 11.2 Å². The quantitative estimate of drug-likeness (QED) is 0.681. The molecule has 1 N–H and O–H groups in total. The van der Waals surface area contributed by atoms with Crippen molar-refractivity contribution in [1.29, 1.82) is 0 Å². The van der Waals surface area contributed by atoms with Gasteiger partial charge in [-0.3, -0.25) is 4.79 Å².